The van der Waals surface area contributed by atoms with E-state index in [0.717, 1.165) is 0 Å². The first-order valence-corrected chi connectivity index (χ1v) is 8.91. The SMILES string of the molecule is CC(=NO)c1ccccc1NC(=O)C(C)(C)C(=O)Nc1ccccc1C(C)=NO. The minimum Gasteiger partial charge on any atom is -0.411 e. The molecule has 0 aliphatic carbocycles. The molecule has 2 amide bonds. The molecule has 0 fully saturated rings. The minimum absolute atomic E-state index is 0.329. The molecular formula is C21H24N4O4. The van der Waals surface area contributed by atoms with Crippen LogP contribution in [-0.4, -0.2) is 33.7 Å². The maximum absolute atomic E-state index is 12.9. The quantitative estimate of drug-likeness (QED) is 0.257. The molecule has 4 N–H and O–H groups in total. The Morgan fingerprint density at radius 1 is 0.759 bits per heavy atom. The summed E-state index contributed by atoms with van der Waals surface area (Å²) in [5, 5.41) is 29.9. The molecule has 8 heteroatoms. The van der Waals surface area contributed by atoms with E-state index < -0.39 is 17.2 Å². The predicted octanol–water partition coefficient (Wildman–Crippen LogP) is 3.69. The summed E-state index contributed by atoms with van der Waals surface area (Å²) in [6.07, 6.45) is 0. The molecule has 2 aromatic carbocycles. The van der Waals surface area contributed by atoms with Gasteiger partial charge in [0.15, 0.2) is 0 Å². The Balaban J connectivity index is 2.26. The second-order valence-corrected chi connectivity index (χ2v) is 7.00. The standard InChI is InChI=1S/C21H24N4O4/c1-13(24-28)15-9-5-7-11-17(15)22-19(26)21(3,4)20(27)23-18-12-8-6-10-16(18)14(2)25-29/h5-12,28-29H,1-4H3,(H,22,26)(H,23,27). The molecule has 0 aliphatic heterocycles. The zero-order valence-electron chi connectivity index (χ0n) is 16.7. The molecule has 0 spiro atoms. The summed E-state index contributed by atoms with van der Waals surface area (Å²) in [6, 6.07) is 13.7. The molecule has 0 saturated carbocycles. The molecule has 0 unspecified atom stereocenters. The van der Waals surface area contributed by atoms with Crippen LogP contribution in [0.3, 0.4) is 0 Å². The van der Waals surface area contributed by atoms with Gasteiger partial charge in [-0.15, -0.1) is 0 Å². The number of rotatable bonds is 6. The third-order valence-electron chi connectivity index (χ3n) is 4.57. The lowest BCUT2D eigenvalue weighted by Crippen LogP contribution is -2.42. The maximum Gasteiger partial charge on any atom is 0.239 e. The number of carbonyl (C=O) groups is 2. The molecule has 0 aromatic heterocycles. The van der Waals surface area contributed by atoms with Crippen molar-refractivity contribution in [2.45, 2.75) is 27.7 Å². The molecule has 0 heterocycles. The topological polar surface area (TPSA) is 123 Å². The highest BCUT2D eigenvalue weighted by Gasteiger charge is 2.37. The largest absolute Gasteiger partial charge is 0.411 e. The van der Waals surface area contributed by atoms with E-state index in [9.17, 15) is 9.59 Å². The van der Waals surface area contributed by atoms with Crippen LogP contribution < -0.4 is 10.6 Å². The highest BCUT2D eigenvalue weighted by molar-refractivity contribution is 6.17. The van der Waals surface area contributed by atoms with Gasteiger partial charge in [0.25, 0.3) is 0 Å². The number of nitrogens with one attached hydrogen (secondary N) is 2. The van der Waals surface area contributed by atoms with Crippen LogP contribution in [0.4, 0.5) is 11.4 Å². The van der Waals surface area contributed by atoms with Gasteiger partial charge in [0, 0.05) is 22.5 Å². The van der Waals surface area contributed by atoms with Crippen molar-refractivity contribution in [2.24, 2.45) is 15.7 Å². The van der Waals surface area contributed by atoms with E-state index in [1.54, 1.807) is 62.4 Å². The van der Waals surface area contributed by atoms with E-state index >= 15 is 0 Å². The molecule has 0 radical (unpaired) electrons. The van der Waals surface area contributed by atoms with Gasteiger partial charge in [-0.3, -0.25) is 9.59 Å². The summed E-state index contributed by atoms with van der Waals surface area (Å²) in [5.74, 6) is -1.06. The van der Waals surface area contributed by atoms with Crippen LogP contribution in [0.25, 0.3) is 0 Å². The summed E-state index contributed by atoms with van der Waals surface area (Å²) >= 11 is 0. The van der Waals surface area contributed by atoms with Gasteiger partial charge in [0.1, 0.15) is 5.41 Å². The Labute approximate surface area is 168 Å². The van der Waals surface area contributed by atoms with E-state index in [-0.39, 0.29) is 0 Å². The summed E-state index contributed by atoms with van der Waals surface area (Å²) < 4.78 is 0. The van der Waals surface area contributed by atoms with E-state index in [4.69, 9.17) is 10.4 Å². The van der Waals surface area contributed by atoms with Crippen LogP contribution >= 0.6 is 0 Å². The molecule has 0 aliphatic rings. The smallest absolute Gasteiger partial charge is 0.239 e. The van der Waals surface area contributed by atoms with Crippen LogP contribution in [0.5, 0.6) is 0 Å². The second-order valence-electron chi connectivity index (χ2n) is 7.00. The van der Waals surface area contributed by atoms with Gasteiger partial charge in [-0.25, -0.2) is 0 Å². The molecular weight excluding hydrogens is 372 g/mol. The monoisotopic (exact) mass is 396 g/mol. The van der Waals surface area contributed by atoms with Gasteiger partial charge < -0.3 is 21.0 Å². The van der Waals surface area contributed by atoms with Gasteiger partial charge >= 0.3 is 0 Å². The van der Waals surface area contributed by atoms with Crippen LogP contribution in [0.15, 0.2) is 58.8 Å². The van der Waals surface area contributed by atoms with Crippen molar-refractivity contribution in [3.63, 3.8) is 0 Å². The fraction of sp³-hybridized carbons (Fsp3) is 0.238. The Kier molecular flexibility index (Phi) is 6.71. The summed E-state index contributed by atoms with van der Waals surface area (Å²) in [7, 11) is 0. The lowest BCUT2D eigenvalue weighted by Gasteiger charge is -2.24. The van der Waals surface area contributed by atoms with Gasteiger partial charge in [-0.05, 0) is 39.8 Å². The molecule has 2 aromatic rings. The molecule has 2 rings (SSSR count). The van der Waals surface area contributed by atoms with Gasteiger partial charge in [0.05, 0.1) is 11.4 Å². The average molecular weight is 396 g/mol. The summed E-state index contributed by atoms with van der Waals surface area (Å²) in [4.78, 5) is 25.7. The highest BCUT2D eigenvalue weighted by Crippen LogP contribution is 2.25. The van der Waals surface area contributed by atoms with E-state index in [0.29, 0.717) is 33.9 Å². The molecule has 0 saturated heterocycles. The van der Waals surface area contributed by atoms with Crippen molar-refractivity contribution < 1.29 is 20.0 Å². The number of nitrogens with zero attached hydrogens (tertiary/aromatic N) is 2. The highest BCUT2D eigenvalue weighted by atomic mass is 16.4. The number of para-hydroxylation sites is 2. The van der Waals surface area contributed by atoms with Crippen LogP contribution in [0, 0.1) is 5.41 Å². The number of oxime groups is 2. The number of carbonyl (C=O) groups excluding carboxylic acids is 2. The van der Waals surface area contributed by atoms with E-state index in [2.05, 4.69) is 20.9 Å². The van der Waals surface area contributed by atoms with Crippen molar-refractivity contribution in [3.05, 3.63) is 59.7 Å². The molecule has 0 atom stereocenters. The fourth-order valence-corrected chi connectivity index (χ4v) is 2.58. The second kappa shape index (κ2) is 9.01. The first-order valence-electron chi connectivity index (χ1n) is 8.91. The number of hydrogen-bond donors (Lipinski definition) is 4. The van der Waals surface area contributed by atoms with Crippen LogP contribution in [-0.2, 0) is 9.59 Å². The molecule has 0 bridgehead atoms. The van der Waals surface area contributed by atoms with Crippen molar-refractivity contribution in [2.75, 3.05) is 10.6 Å². The summed E-state index contributed by atoms with van der Waals surface area (Å²) in [6.45, 7) is 6.21. The predicted molar refractivity (Wildman–Crippen MR) is 112 cm³/mol. The number of amides is 2. The van der Waals surface area contributed by atoms with Crippen molar-refractivity contribution >= 4 is 34.6 Å². The zero-order chi connectivity index (χ0) is 21.6. The summed E-state index contributed by atoms with van der Waals surface area (Å²) in [5.41, 5.74) is 1.18. The first kappa shape index (κ1) is 21.6. The normalized spacial score (nSPS) is 12.4. The molecule has 8 nitrogen and oxygen atoms in total. The lowest BCUT2D eigenvalue weighted by molar-refractivity contribution is -0.135. The Morgan fingerprint density at radius 3 is 1.45 bits per heavy atom. The van der Waals surface area contributed by atoms with Crippen molar-refractivity contribution in [1.29, 1.82) is 0 Å². The lowest BCUT2D eigenvalue weighted by atomic mass is 9.90. The van der Waals surface area contributed by atoms with Crippen molar-refractivity contribution in [1.82, 2.24) is 0 Å². The number of benzene rings is 2. The molecule has 152 valence electrons. The van der Waals surface area contributed by atoms with Gasteiger partial charge in [0.2, 0.25) is 11.8 Å². The van der Waals surface area contributed by atoms with E-state index in [1.807, 2.05) is 0 Å². The Morgan fingerprint density at radius 2 is 1.10 bits per heavy atom. The zero-order valence-corrected chi connectivity index (χ0v) is 16.7. The van der Waals surface area contributed by atoms with Crippen molar-refractivity contribution in [3.8, 4) is 0 Å². The Bertz CT molecular complexity index is 903. The number of hydrogen-bond acceptors (Lipinski definition) is 6. The Hall–Kier alpha value is -3.68. The first-order chi connectivity index (χ1) is 13.7. The van der Waals surface area contributed by atoms with Gasteiger partial charge in [-0.2, -0.15) is 0 Å². The average Bonchev–Trinajstić information content (AvgIpc) is 2.73. The molecule has 29 heavy (non-hydrogen) atoms. The van der Waals surface area contributed by atoms with Crippen LogP contribution in [0.1, 0.15) is 38.8 Å². The fourth-order valence-electron chi connectivity index (χ4n) is 2.58. The van der Waals surface area contributed by atoms with Crippen LogP contribution in [0.2, 0.25) is 0 Å². The van der Waals surface area contributed by atoms with Gasteiger partial charge in [-0.1, -0.05) is 46.7 Å². The maximum atomic E-state index is 12.9. The third-order valence-corrected chi connectivity index (χ3v) is 4.57. The van der Waals surface area contributed by atoms with E-state index in [1.165, 1.54) is 13.8 Å². The number of anilines is 2. The minimum atomic E-state index is -1.42. The third kappa shape index (κ3) is 4.78.